The van der Waals surface area contributed by atoms with Gasteiger partial charge in [0.05, 0.1) is 0 Å². The van der Waals surface area contributed by atoms with Gasteiger partial charge in [0.1, 0.15) is 0 Å². The van der Waals surface area contributed by atoms with Gasteiger partial charge in [-0.25, -0.2) is 0 Å². The maximum atomic E-state index is 3.48. The highest BCUT2D eigenvalue weighted by molar-refractivity contribution is 5.58. The third-order valence-corrected chi connectivity index (χ3v) is 3.57. The molecule has 0 aliphatic carbocycles. The molecule has 2 aliphatic rings. The third kappa shape index (κ3) is 1.63. The lowest BCUT2D eigenvalue weighted by molar-refractivity contribution is 0.642. The molecular weight excluding hydrogens is 184 g/mol. The Labute approximate surface area is 91.3 Å². The molecule has 2 heteroatoms. The minimum absolute atomic E-state index is 1.06. The number of hydrogen-bond acceptors (Lipinski definition) is 2. The molecule has 1 fully saturated rings. The van der Waals surface area contributed by atoms with Crippen molar-refractivity contribution in [2.75, 3.05) is 24.5 Å². The van der Waals surface area contributed by atoms with Crippen LogP contribution >= 0.6 is 0 Å². The Balaban J connectivity index is 1.99. The predicted octanol–water partition coefficient (Wildman–Crippen LogP) is 1.93. The minimum atomic E-state index is 1.06. The summed E-state index contributed by atoms with van der Waals surface area (Å²) in [4.78, 5) is 2.55. The van der Waals surface area contributed by atoms with Gasteiger partial charge >= 0.3 is 0 Å². The number of fused-ring (bicyclic) bond motifs is 1. The molecular formula is C13H18N2. The van der Waals surface area contributed by atoms with Crippen LogP contribution in [-0.4, -0.2) is 19.6 Å². The van der Waals surface area contributed by atoms with Crippen molar-refractivity contribution in [1.29, 1.82) is 0 Å². The number of benzene rings is 1. The molecule has 2 aliphatic heterocycles. The third-order valence-electron chi connectivity index (χ3n) is 3.57. The topological polar surface area (TPSA) is 15.3 Å². The molecule has 0 spiro atoms. The number of nitrogens with zero attached hydrogens (tertiary/aromatic N) is 1. The molecule has 80 valence electrons. The van der Waals surface area contributed by atoms with E-state index >= 15 is 0 Å². The second-order valence-corrected chi connectivity index (χ2v) is 4.54. The highest BCUT2D eigenvalue weighted by Gasteiger charge is 2.18. The van der Waals surface area contributed by atoms with E-state index in [1.807, 2.05) is 0 Å². The first-order valence-corrected chi connectivity index (χ1v) is 6.01. The van der Waals surface area contributed by atoms with Crippen LogP contribution in [0.5, 0.6) is 0 Å². The number of hydrogen-bond donors (Lipinski definition) is 1. The summed E-state index contributed by atoms with van der Waals surface area (Å²) in [5.74, 6) is 0. The van der Waals surface area contributed by atoms with Gasteiger partial charge in [-0.1, -0.05) is 12.1 Å². The second kappa shape index (κ2) is 3.86. The molecule has 1 aromatic carbocycles. The highest BCUT2D eigenvalue weighted by Crippen LogP contribution is 2.28. The van der Waals surface area contributed by atoms with Gasteiger partial charge in [-0.3, -0.25) is 0 Å². The number of nitrogens with one attached hydrogen (secondary N) is 1. The van der Waals surface area contributed by atoms with E-state index in [1.54, 1.807) is 11.1 Å². The molecule has 0 radical (unpaired) electrons. The molecule has 0 unspecified atom stereocenters. The molecule has 0 atom stereocenters. The van der Waals surface area contributed by atoms with Gasteiger partial charge in [0.15, 0.2) is 0 Å². The fraction of sp³-hybridized carbons (Fsp3) is 0.538. The molecule has 0 bridgehead atoms. The van der Waals surface area contributed by atoms with E-state index < -0.39 is 0 Å². The van der Waals surface area contributed by atoms with E-state index in [9.17, 15) is 0 Å². The Kier molecular flexibility index (Phi) is 2.37. The molecule has 1 N–H and O–H groups in total. The highest BCUT2D eigenvalue weighted by atomic mass is 15.1. The van der Waals surface area contributed by atoms with E-state index in [0.29, 0.717) is 0 Å². The Morgan fingerprint density at radius 2 is 2.00 bits per heavy atom. The second-order valence-electron chi connectivity index (χ2n) is 4.54. The van der Waals surface area contributed by atoms with Crippen LogP contribution in [0.1, 0.15) is 24.0 Å². The van der Waals surface area contributed by atoms with Crippen molar-refractivity contribution in [2.24, 2.45) is 0 Å². The lowest BCUT2D eigenvalue weighted by atomic mass is 9.99. The van der Waals surface area contributed by atoms with Crippen molar-refractivity contribution in [3.8, 4) is 0 Å². The minimum Gasteiger partial charge on any atom is -0.371 e. The number of anilines is 1. The Morgan fingerprint density at radius 3 is 2.87 bits per heavy atom. The lowest BCUT2D eigenvalue weighted by Crippen LogP contribution is -2.27. The quantitative estimate of drug-likeness (QED) is 0.748. The van der Waals surface area contributed by atoms with Crippen LogP contribution in [0.25, 0.3) is 0 Å². The summed E-state index contributed by atoms with van der Waals surface area (Å²) in [6.45, 7) is 4.69. The maximum absolute atomic E-state index is 3.48. The zero-order valence-electron chi connectivity index (χ0n) is 9.13. The van der Waals surface area contributed by atoms with Crippen molar-refractivity contribution in [3.63, 3.8) is 0 Å². The standard InChI is InChI=1S/C13H18N2/c1-2-9-15(8-1)13-5-3-4-11-6-7-14-10-12(11)13/h3-5,14H,1-2,6-10H2. The zero-order valence-corrected chi connectivity index (χ0v) is 9.13. The lowest BCUT2D eigenvalue weighted by Gasteiger charge is -2.26. The van der Waals surface area contributed by atoms with Crippen LogP contribution in [0.15, 0.2) is 18.2 Å². The number of rotatable bonds is 1. The largest absolute Gasteiger partial charge is 0.371 e. The first kappa shape index (κ1) is 9.22. The van der Waals surface area contributed by atoms with E-state index in [1.165, 1.54) is 38.0 Å². The van der Waals surface area contributed by atoms with Crippen LogP contribution in [0, 0.1) is 0 Å². The van der Waals surface area contributed by atoms with Crippen molar-refractivity contribution >= 4 is 5.69 Å². The van der Waals surface area contributed by atoms with E-state index in [-0.39, 0.29) is 0 Å². The summed E-state index contributed by atoms with van der Waals surface area (Å²) in [5.41, 5.74) is 4.58. The molecule has 0 saturated carbocycles. The summed E-state index contributed by atoms with van der Waals surface area (Å²) >= 11 is 0. The molecule has 0 amide bonds. The van der Waals surface area contributed by atoms with E-state index in [0.717, 1.165) is 13.1 Å². The summed E-state index contributed by atoms with van der Waals surface area (Å²) in [5, 5.41) is 3.48. The smallest absolute Gasteiger partial charge is 0.0414 e. The van der Waals surface area contributed by atoms with Gasteiger partial charge < -0.3 is 10.2 Å². The van der Waals surface area contributed by atoms with Crippen LogP contribution < -0.4 is 10.2 Å². The van der Waals surface area contributed by atoms with Crippen molar-refractivity contribution in [1.82, 2.24) is 5.32 Å². The fourth-order valence-electron chi connectivity index (χ4n) is 2.75. The molecule has 1 aromatic rings. The first-order valence-electron chi connectivity index (χ1n) is 6.01. The summed E-state index contributed by atoms with van der Waals surface area (Å²) < 4.78 is 0. The van der Waals surface area contributed by atoms with Crippen LogP contribution in [0.2, 0.25) is 0 Å². The monoisotopic (exact) mass is 202 g/mol. The van der Waals surface area contributed by atoms with Gasteiger partial charge in [-0.15, -0.1) is 0 Å². The Hall–Kier alpha value is -1.02. The molecule has 0 aromatic heterocycles. The van der Waals surface area contributed by atoms with Crippen molar-refractivity contribution in [3.05, 3.63) is 29.3 Å². The van der Waals surface area contributed by atoms with Gasteiger partial charge in [0.25, 0.3) is 0 Å². The van der Waals surface area contributed by atoms with Crippen LogP contribution in [0.3, 0.4) is 0 Å². The van der Waals surface area contributed by atoms with E-state index in [2.05, 4.69) is 28.4 Å². The zero-order chi connectivity index (χ0) is 10.1. The van der Waals surface area contributed by atoms with Crippen molar-refractivity contribution < 1.29 is 0 Å². The molecule has 2 nitrogen and oxygen atoms in total. The molecule has 15 heavy (non-hydrogen) atoms. The summed E-state index contributed by atoms with van der Waals surface area (Å²) in [6.07, 6.45) is 3.91. The Morgan fingerprint density at radius 1 is 1.13 bits per heavy atom. The van der Waals surface area contributed by atoms with Crippen LogP contribution in [-0.2, 0) is 13.0 Å². The average Bonchev–Trinajstić information content (AvgIpc) is 2.82. The molecule has 1 saturated heterocycles. The first-order chi connectivity index (χ1) is 7.45. The summed E-state index contributed by atoms with van der Waals surface area (Å²) in [7, 11) is 0. The van der Waals surface area contributed by atoms with Crippen LogP contribution in [0.4, 0.5) is 5.69 Å². The SMILES string of the molecule is c1cc2c(c(N3CCCC3)c1)CNCC2. The fourth-order valence-corrected chi connectivity index (χ4v) is 2.75. The van der Waals surface area contributed by atoms with E-state index in [4.69, 9.17) is 0 Å². The Bertz CT molecular complexity index is 354. The maximum Gasteiger partial charge on any atom is 0.0414 e. The van der Waals surface area contributed by atoms with Gasteiger partial charge in [0, 0.05) is 25.3 Å². The molecule has 2 heterocycles. The molecule has 3 rings (SSSR count). The average molecular weight is 202 g/mol. The van der Waals surface area contributed by atoms with Gasteiger partial charge in [-0.05, 0) is 43.0 Å². The predicted molar refractivity (Wildman–Crippen MR) is 63.3 cm³/mol. The van der Waals surface area contributed by atoms with Gasteiger partial charge in [-0.2, -0.15) is 0 Å². The normalized spacial score (nSPS) is 20.4. The van der Waals surface area contributed by atoms with Gasteiger partial charge in [0.2, 0.25) is 0 Å². The van der Waals surface area contributed by atoms with Crippen molar-refractivity contribution in [2.45, 2.75) is 25.8 Å². The summed E-state index contributed by atoms with van der Waals surface area (Å²) in [6, 6.07) is 6.80.